The second-order valence-corrected chi connectivity index (χ2v) is 5.51. The van der Waals surface area contributed by atoms with Crippen molar-refractivity contribution in [1.82, 2.24) is 10.2 Å². The first-order valence-corrected chi connectivity index (χ1v) is 7.36. The van der Waals surface area contributed by atoms with Crippen molar-refractivity contribution < 1.29 is 9.18 Å². The number of hydrogen-bond donors (Lipinski definition) is 1. The van der Waals surface area contributed by atoms with Crippen molar-refractivity contribution in [2.24, 2.45) is 5.92 Å². The van der Waals surface area contributed by atoms with E-state index in [-0.39, 0.29) is 24.1 Å². The molecule has 0 radical (unpaired) electrons. The molecule has 3 nitrogen and oxygen atoms in total. The molecule has 0 unspecified atom stereocenters. The highest BCUT2D eigenvalue weighted by atomic mass is 35.5. The van der Waals surface area contributed by atoms with E-state index in [0.29, 0.717) is 18.8 Å². The largest absolute Gasteiger partial charge is 0.343 e. The van der Waals surface area contributed by atoms with Gasteiger partial charge in [0.05, 0.1) is 0 Å². The fraction of sp³-hybridized carbons (Fsp3) is 0.562. The summed E-state index contributed by atoms with van der Waals surface area (Å²) in [6, 6.07) is 6.40. The molecule has 0 aliphatic carbocycles. The summed E-state index contributed by atoms with van der Waals surface area (Å²) in [6.07, 6.45) is 3.38. The van der Waals surface area contributed by atoms with Crippen LogP contribution in [0.2, 0.25) is 0 Å². The molecule has 0 saturated carbocycles. The first kappa shape index (κ1) is 17.9. The van der Waals surface area contributed by atoms with E-state index >= 15 is 0 Å². The van der Waals surface area contributed by atoms with E-state index in [0.717, 1.165) is 38.0 Å². The minimum atomic E-state index is -0.230. The van der Waals surface area contributed by atoms with Crippen LogP contribution < -0.4 is 5.32 Å². The van der Waals surface area contributed by atoms with Crippen molar-refractivity contribution in [2.45, 2.75) is 25.7 Å². The molecule has 0 spiro atoms. The van der Waals surface area contributed by atoms with Crippen molar-refractivity contribution >= 4 is 18.3 Å². The molecule has 118 valence electrons. The van der Waals surface area contributed by atoms with Crippen LogP contribution in [0.1, 0.15) is 24.8 Å². The second kappa shape index (κ2) is 9.00. The molecular weight excluding hydrogens is 291 g/mol. The summed E-state index contributed by atoms with van der Waals surface area (Å²) >= 11 is 0. The molecule has 5 heteroatoms. The van der Waals surface area contributed by atoms with Gasteiger partial charge in [0.15, 0.2) is 0 Å². The van der Waals surface area contributed by atoms with Crippen LogP contribution in [0, 0.1) is 11.7 Å². The smallest absolute Gasteiger partial charge is 0.222 e. The van der Waals surface area contributed by atoms with Gasteiger partial charge in [-0.15, -0.1) is 12.4 Å². The molecule has 1 fully saturated rings. The molecule has 1 aliphatic rings. The topological polar surface area (TPSA) is 32.3 Å². The van der Waals surface area contributed by atoms with E-state index in [1.807, 2.05) is 11.9 Å². The molecule has 2 rings (SSSR count). The molecule has 1 heterocycles. The lowest BCUT2D eigenvalue weighted by Crippen LogP contribution is -2.40. The molecule has 0 aromatic heterocycles. The highest BCUT2D eigenvalue weighted by Gasteiger charge is 2.21. The zero-order chi connectivity index (χ0) is 14.4. The Morgan fingerprint density at radius 3 is 2.48 bits per heavy atom. The lowest BCUT2D eigenvalue weighted by molar-refractivity contribution is -0.132. The Bertz CT molecular complexity index is 430. The third-order valence-electron chi connectivity index (χ3n) is 4.00. The maximum Gasteiger partial charge on any atom is 0.222 e. The summed E-state index contributed by atoms with van der Waals surface area (Å²) in [7, 11) is 1.97. The molecule has 1 N–H and O–H groups in total. The highest BCUT2D eigenvalue weighted by molar-refractivity contribution is 5.85. The Hall–Kier alpha value is -1.13. The SMILES string of the molecule is CNCC1CCN(C(=O)CCc2ccc(F)cc2)CC1.Cl. The van der Waals surface area contributed by atoms with Gasteiger partial charge < -0.3 is 10.2 Å². The number of hydrogen-bond acceptors (Lipinski definition) is 2. The number of amides is 1. The van der Waals surface area contributed by atoms with E-state index in [9.17, 15) is 9.18 Å². The first-order chi connectivity index (χ1) is 9.69. The maximum atomic E-state index is 12.8. The molecular formula is C16H24ClFN2O. The molecule has 1 amide bonds. The summed E-state index contributed by atoms with van der Waals surface area (Å²) in [6.45, 7) is 2.78. The number of halogens is 2. The molecule has 0 atom stereocenters. The molecule has 0 bridgehead atoms. The minimum absolute atomic E-state index is 0. The number of likely N-dealkylation sites (tertiary alicyclic amines) is 1. The molecule has 21 heavy (non-hydrogen) atoms. The fourth-order valence-electron chi connectivity index (χ4n) is 2.74. The molecule has 1 aliphatic heterocycles. The van der Waals surface area contributed by atoms with Gasteiger partial charge in [0.1, 0.15) is 5.82 Å². The number of aryl methyl sites for hydroxylation is 1. The van der Waals surface area contributed by atoms with Crippen molar-refractivity contribution in [3.63, 3.8) is 0 Å². The number of carbonyl (C=O) groups is 1. The Kier molecular flexibility index (Phi) is 7.68. The fourth-order valence-corrected chi connectivity index (χ4v) is 2.74. The molecule has 1 saturated heterocycles. The van der Waals surface area contributed by atoms with Gasteiger partial charge in [0, 0.05) is 19.5 Å². The maximum absolute atomic E-state index is 12.8. The van der Waals surface area contributed by atoms with Gasteiger partial charge in [-0.1, -0.05) is 12.1 Å². The van der Waals surface area contributed by atoms with Gasteiger partial charge in [0.25, 0.3) is 0 Å². The van der Waals surface area contributed by atoms with E-state index in [1.165, 1.54) is 12.1 Å². The molecule has 1 aromatic rings. The summed E-state index contributed by atoms with van der Waals surface area (Å²) in [4.78, 5) is 14.1. The van der Waals surface area contributed by atoms with Gasteiger partial charge >= 0.3 is 0 Å². The number of benzene rings is 1. The first-order valence-electron chi connectivity index (χ1n) is 7.36. The van der Waals surface area contributed by atoms with Crippen LogP contribution in [0.25, 0.3) is 0 Å². The minimum Gasteiger partial charge on any atom is -0.343 e. The Labute approximate surface area is 132 Å². The average molecular weight is 315 g/mol. The lowest BCUT2D eigenvalue weighted by Gasteiger charge is -2.32. The van der Waals surface area contributed by atoms with E-state index in [4.69, 9.17) is 0 Å². The van der Waals surface area contributed by atoms with Gasteiger partial charge in [0.2, 0.25) is 5.91 Å². The average Bonchev–Trinajstić information content (AvgIpc) is 2.47. The van der Waals surface area contributed by atoms with Crippen molar-refractivity contribution in [2.75, 3.05) is 26.7 Å². The Morgan fingerprint density at radius 2 is 1.90 bits per heavy atom. The van der Waals surface area contributed by atoms with E-state index < -0.39 is 0 Å². The van der Waals surface area contributed by atoms with Crippen LogP contribution in [-0.4, -0.2) is 37.5 Å². The zero-order valence-electron chi connectivity index (χ0n) is 12.5. The van der Waals surface area contributed by atoms with Crippen LogP contribution in [0.5, 0.6) is 0 Å². The number of rotatable bonds is 5. The third-order valence-corrected chi connectivity index (χ3v) is 4.00. The summed E-state index contributed by atoms with van der Waals surface area (Å²) in [5.41, 5.74) is 1.02. The third kappa shape index (κ3) is 5.64. The van der Waals surface area contributed by atoms with Gasteiger partial charge in [-0.05, 0) is 56.5 Å². The van der Waals surface area contributed by atoms with E-state index in [1.54, 1.807) is 12.1 Å². The summed E-state index contributed by atoms with van der Waals surface area (Å²) in [5, 5.41) is 3.20. The quantitative estimate of drug-likeness (QED) is 0.906. The van der Waals surface area contributed by atoms with Crippen LogP contribution in [-0.2, 0) is 11.2 Å². The number of nitrogens with zero attached hydrogens (tertiary/aromatic N) is 1. The van der Waals surface area contributed by atoms with Crippen LogP contribution >= 0.6 is 12.4 Å². The number of nitrogens with one attached hydrogen (secondary N) is 1. The summed E-state index contributed by atoms with van der Waals surface area (Å²) in [5.74, 6) is 0.685. The number of piperidine rings is 1. The van der Waals surface area contributed by atoms with Gasteiger partial charge in [-0.3, -0.25) is 4.79 Å². The predicted octanol–water partition coefficient (Wildman–Crippen LogP) is 2.64. The van der Waals surface area contributed by atoms with Crippen molar-refractivity contribution in [1.29, 1.82) is 0 Å². The monoisotopic (exact) mass is 314 g/mol. The van der Waals surface area contributed by atoms with Crippen LogP contribution in [0.15, 0.2) is 24.3 Å². The van der Waals surface area contributed by atoms with Crippen LogP contribution in [0.4, 0.5) is 4.39 Å². The van der Waals surface area contributed by atoms with Gasteiger partial charge in [-0.25, -0.2) is 4.39 Å². The van der Waals surface area contributed by atoms with Gasteiger partial charge in [-0.2, -0.15) is 0 Å². The zero-order valence-corrected chi connectivity index (χ0v) is 13.3. The normalized spacial score (nSPS) is 15.6. The Balaban J connectivity index is 0.00000220. The Morgan fingerprint density at radius 1 is 1.29 bits per heavy atom. The van der Waals surface area contributed by atoms with E-state index in [2.05, 4.69) is 5.32 Å². The van der Waals surface area contributed by atoms with Crippen molar-refractivity contribution in [3.8, 4) is 0 Å². The van der Waals surface area contributed by atoms with Crippen molar-refractivity contribution in [3.05, 3.63) is 35.6 Å². The lowest BCUT2D eigenvalue weighted by atomic mass is 9.96. The summed E-state index contributed by atoms with van der Waals surface area (Å²) < 4.78 is 12.8. The number of carbonyl (C=O) groups excluding carboxylic acids is 1. The second-order valence-electron chi connectivity index (χ2n) is 5.51. The highest BCUT2D eigenvalue weighted by Crippen LogP contribution is 2.17. The molecule has 1 aromatic carbocycles. The van der Waals surface area contributed by atoms with Crippen LogP contribution in [0.3, 0.4) is 0 Å². The standard InChI is InChI=1S/C16H23FN2O.ClH/c1-18-12-14-8-10-19(11-9-14)16(20)7-4-13-2-5-15(17)6-3-13;/h2-3,5-6,14,18H,4,7-12H2,1H3;1H. The predicted molar refractivity (Wildman–Crippen MR) is 85.2 cm³/mol.